The van der Waals surface area contributed by atoms with Crippen LogP contribution < -0.4 is 4.90 Å². The molecule has 1 N–H and O–H groups in total. The lowest BCUT2D eigenvalue weighted by molar-refractivity contribution is -0.114. The number of nitrogens with zero attached hydrogens (tertiary/aromatic N) is 2. The summed E-state index contributed by atoms with van der Waals surface area (Å²) in [5, 5.41) is 10.3. The second-order valence-corrected chi connectivity index (χ2v) is 5.27. The monoisotopic (exact) mass is 310 g/mol. The molecule has 22 heavy (non-hydrogen) atoms. The summed E-state index contributed by atoms with van der Waals surface area (Å²) in [6.45, 7) is 0. The number of rotatable bonds is 2. The molecule has 0 aliphatic carbocycles. The molecular formula is C17H14N2O2S. The number of hydrogen-bond donors (Lipinski definition) is 1. The van der Waals surface area contributed by atoms with Gasteiger partial charge in [-0.1, -0.05) is 36.4 Å². The van der Waals surface area contributed by atoms with Crippen LogP contribution in [0.4, 0.5) is 5.69 Å². The van der Waals surface area contributed by atoms with E-state index >= 15 is 0 Å². The number of amides is 1. The molecule has 5 heteroatoms. The highest BCUT2D eigenvalue weighted by Gasteiger charge is 2.36. The highest BCUT2D eigenvalue weighted by Crippen LogP contribution is 2.29. The fraction of sp³-hybridized carbons (Fsp3) is 0.0588. The Hall–Kier alpha value is -2.66. The van der Waals surface area contributed by atoms with Crippen molar-refractivity contribution in [3.63, 3.8) is 0 Å². The number of carbonyl (C=O) groups excluding carboxylic acids is 1. The molecule has 1 aliphatic heterocycles. The van der Waals surface area contributed by atoms with Crippen LogP contribution in [0, 0.1) is 0 Å². The number of likely N-dealkylation sites (N-methyl/N-ethyl adjacent to an activating group) is 1. The maximum absolute atomic E-state index is 12.7. The first-order valence-corrected chi connectivity index (χ1v) is 7.17. The van der Waals surface area contributed by atoms with E-state index in [0.717, 1.165) is 5.69 Å². The number of phenolic OH excluding ortho intramolecular Hbond substituents is 1. The van der Waals surface area contributed by atoms with Crippen LogP contribution in [-0.4, -0.2) is 28.1 Å². The fourth-order valence-corrected chi connectivity index (χ4v) is 2.60. The van der Waals surface area contributed by atoms with Crippen molar-refractivity contribution >= 4 is 35.0 Å². The summed E-state index contributed by atoms with van der Waals surface area (Å²) < 4.78 is 0. The summed E-state index contributed by atoms with van der Waals surface area (Å²) >= 11 is 5.38. The van der Waals surface area contributed by atoms with Gasteiger partial charge >= 0.3 is 0 Å². The van der Waals surface area contributed by atoms with Gasteiger partial charge in [0.05, 0.1) is 5.69 Å². The summed E-state index contributed by atoms with van der Waals surface area (Å²) in [5.74, 6) is -0.0813. The number of anilines is 1. The Morgan fingerprint density at radius 3 is 2.36 bits per heavy atom. The number of phenols is 1. The first kappa shape index (κ1) is 14.3. The number of aromatic hydroxyl groups is 1. The molecular weight excluding hydrogens is 296 g/mol. The third-order valence-corrected chi connectivity index (χ3v) is 3.96. The lowest BCUT2D eigenvalue weighted by atomic mass is 10.1. The van der Waals surface area contributed by atoms with Gasteiger partial charge in [-0.25, -0.2) is 0 Å². The molecule has 4 nitrogen and oxygen atoms in total. The summed E-state index contributed by atoms with van der Waals surface area (Å²) in [6.07, 6.45) is 1.65. The fourth-order valence-electron chi connectivity index (χ4n) is 2.32. The predicted octanol–water partition coefficient (Wildman–Crippen LogP) is 3.00. The molecule has 1 aliphatic rings. The second-order valence-electron chi connectivity index (χ2n) is 4.91. The number of hydrogen-bond acceptors (Lipinski definition) is 3. The van der Waals surface area contributed by atoms with E-state index in [4.69, 9.17) is 12.2 Å². The van der Waals surface area contributed by atoms with Gasteiger partial charge in [0.15, 0.2) is 5.11 Å². The Morgan fingerprint density at radius 1 is 1.05 bits per heavy atom. The zero-order chi connectivity index (χ0) is 15.7. The first-order valence-electron chi connectivity index (χ1n) is 6.76. The van der Waals surface area contributed by atoms with Crippen molar-refractivity contribution in [1.82, 2.24) is 4.90 Å². The molecule has 0 unspecified atom stereocenters. The molecule has 0 atom stereocenters. The molecule has 0 bridgehead atoms. The average molecular weight is 310 g/mol. The van der Waals surface area contributed by atoms with Crippen LogP contribution in [-0.2, 0) is 4.79 Å². The minimum atomic E-state index is -0.207. The van der Waals surface area contributed by atoms with Gasteiger partial charge in [-0.2, -0.15) is 0 Å². The minimum absolute atomic E-state index is 0.125. The smallest absolute Gasteiger partial charge is 0.281 e. The van der Waals surface area contributed by atoms with Gasteiger partial charge in [0.25, 0.3) is 5.91 Å². The topological polar surface area (TPSA) is 43.8 Å². The van der Waals surface area contributed by atoms with E-state index in [0.29, 0.717) is 16.4 Å². The number of thiocarbonyl (C=S) groups is 1. The van der Waals surface area contributed by atoms with E-state index in [2.05, 4.69) is 0 Å². The van der Waals surface area contributed by atoms with E-state index in [1.54, 1.807) is 42.3 Å². The zero-order valence-electron chi connectivity index (χ0n) is 11.9. The molecule has 0 radical (unpaired) electrons. The molecule has 0 aromatic heterocycles. The third-order valence-electron chi connectivity index (χ3n) is 3.51. The Kier molecular flexibility index (Phi) is 3.65. The lowest BCUT2D eigenvalue weighted by Crippen LogP contribution is -2.30. The Labute approximate surface area is 133 Å². The minimum Gasteiger partial charge on any atom is -0.507 e. The highest BCUT2D eigenvalue weighted by atomic mass is 32.1. The lowest BCUT2D eigenvalue weighted by Gasteiger charge is -2.16. The number of benzene rings is 2. The van der Waals surface area contributed by atoms with Gasteiger partial charge in [0.1, 0.15) is 11.4 Å². The van der Waals surface area contributed by atoms with Crippen LogP contribution in [0.25, 0.3) is 6.08 Å². The van der Waals surface area contributed by atoms with Crippen LogP contribution in [0.15, 0.2) is 60.3 Å². The molecule has 2 aromatic rings. The van der Waals surface area contributed by atoms with E-state index in [1.807, 2.05) is 30.3 Å². The van der Waals surface area contributed by atoms with Gasteiger partial charge in [0, 0.05) is 12.6 Å². The van der Waals surface area contributed by atoms with Crippen LogP contribution >= 0.6 is 12.2 Å². The van der Waals surface area contributed by atoms with Crippen molar-refractivity contribution in [2.75, 3.05) is 11.9 Å². The molecule has 1 heterocycles. The zero-order valence-corrected chi connectivity index (χ0v) is 12.7. The Morgan fingerprint density at radius 2 is 1.68 bits per heavy atom. The summed E-state index contributed by atoms with van der Waals surface area (Å²) in [7, 11) is 1.75. The normalized spacial score (nSPS) is 16.7. The van der Waals surface area contributed by atoms with Crippen LogP contribution in [0.5, 0.6) is 5.75 Å². The number of carbonyl (C=O) groups is 1. The molecule has 2 aromatic carbocycles. The van der Waals surface area contributed by atoms with Crippen LogP contribution in [0.2, 0.25) is 0 Å². The maximum atomic E-state index is 12.7. The van der Waals surface area contributed by atoms with Crippen molar-refractivity contribution in [1.29, 1.82) is 0 Å². The molecule has 1 amide bonds. The molecule has 1 fully saturated rings. The molecule has 0 saturated carbocycles. The second kappa shape index (κ2) is 5.61. The predicted molar refractivity (Wildman–Crippen MR) is 90.4 cm³/mol. The molecule has 0 spiro atoms. The highest BCUT2D eigenvalue weighted by molar-refractivity contribution is 7.80. The molecule has 110 valence electrons. The van der Waals surface area contributed by atoms with Crippen molar-refractivity contribution in [3.05, 3.63) is 65.9 Å². The third kappa shape index (κ3) is 2.35. The molecule has 1 saturated heterocycles. The largest absolute Gasteiger partial charge is 0.507 e. The van der Waals surface area contributed by atoms with Gasteiger partial charge in [-0.05, 0) is 36.5 Å². The van der Waals surface area contributed by atoms with E-state index in [1.165, 1.54) is 4.90 Å². The standard InChI is InChI=1S/C17H14N2O2S/c1-18-14(11-12-7-5-6-10-15(12)20)16(21)19(17(18)22)13-8-3-2-4-9-13/h2-11,20H,1H3/b14-11-. The van der Waals surface area contributed by atoms with Gasteiger partial charge in [-0.3, -0.25) is 9.69 Å². The van der Waals surface area contributed by atoms with Crippen molar-refractivity contribution < 1.29 is 9.90 Å². The SMILES string of the molecule is CN1C(=S)N(c2ccccc2)C(=O)/C1=C/c1ccccc1O. The van der Waals surface area contributed by atoms with Crippen molar-refractivity contribution in [2.24, 2.45) is 0 Å². The first-order chi connectivity index (χ1) is 10.6. The van der Waals surface area contributed by atoms with Crippen molar-refractivity contribution in [3.8, 4) is 5.75 Å². The Balaban J connectivity index is 2.03. The van der Waals surface area contributed by atoms with Gasteiger partial charge in [0.2, 0.25) is 0 Å². The van der Waals surface area contributed by atoms with E-state index in [9.17, 15) is 9.90 Å². The van der Waals surface area contributed by atoms with Gasteiger partial charge < -0.3 is 10.0 Å². The van der Waals surface area contributed by atoms with Crippen LogP contribution in [0.1, 0.15) is 5.56 Å². The maximum Gasteiger partial charge on any atom is 0.281 e. The Bertz CT molecular complexity index is 771. The van der Waals surface area contributed by atoms with Crippen LogP contribution in [0.3, 0.4) is 0 Å². The van der Waals surface area contributed by atoms with E-state index < -0.39 is 0 Å². The van der Waals surface area contributed by atoms with Crippen molar-refractivity contribution in [2.45, 2.75) is 0 Å². The summed E-state index contributed by atoms with van der Waals surface area (Å²) in [5.41, 5.74) is 1.73. The quantitative estimate of drug-likeness (QED) is 0.684. The van der Waals surface area contributed by atoms with E-state index in [-0.39, 0.29) is 11.7 Å². The average Bonchev–Trinajstić information content (AvgIpc) is 2.74. The number of para-hydroxylation sites is 2. The summed E-state index contributed by atoms with van der Waals surface area (Å²) in [4.78, 5) is 15.8. The summed E-state index contributed by atoms with van der Waals surface area (Å²) in [6, 6.07) is 16.1. The van der Waals surface area contributed by atoms with Gasteiger partial charge in [-0.15, -0.1) is 0 Å². The molecule has 3 rings (SSSR count).